The largest absolute Gasteiger partial charge is 0.445 e. The minimum Gasteiger partial charge on any atom is -0.445 e. The molecular weight excluding hydrogens is 234 g/mol. The Balaban J connectivity index is 2.78. The van der Waals surface area contributed by atoms with E-state index in [-0.39, 0.29) is 17.7 Å². The quantitative estimate of drug-likeness (QED) is 0.828. The summed E-state index contributed by atoms with van der Waals surface area (Å²) in [7, 11) is 0. The third-order valence-corrected chi connectivity index (χ3v) is 2.16. The first-order valence-corrected chi connectivity index (χ1v) is 5.72. The van der Waals surface area contributed by atoms with Crippen LogP contribution < -0.4 is 11.1 Å². The fraction of sp³-hybridized carbons (Fsp3) is 0.583. The Morgan fingerprint density at radius 2 is 2.00 bits per heavy atom. The van der Waals surface area contributed by atoms with Crippen LogP contribution >= 0.6 is 0 Å². The molecule has 0 aromatic carbocycles. The number of carbonyl (C=O) groups is 2. The SMILES string of the molecule is Cc1oc(CC(C)(C)C)nc1C(=O)NCC(N)=O. The summed E-state index contributed by atoms with van der Waals surface area (Å²) in [6, 6.07) is 0. The molecule has 0 fully saturated rings. The van der Waals surface area contributed by atoms with Crippen LogP contribution in [0, 0.1) is 12.3 Å². The van der Waals surface area contributed by atoms with E-state index in [1.807, 2.05) is 0 Å². The van der Waals surface area contributed by atoms with E-state index in [2.05, 4.69) is 31.1 Å². The number of oxazole rings is 1. The number of primary amides is 1. The first-order chi connectivity index (χ1) is 8.19. The number of nitrogens with zero attached hydrogens (tertiary/aromatic N) is 1. The molecule has 3 N–H and O–H groups in total. The molecule has 0 saturated carbocycles. The van der Waals surface area contributed by atoms with Gasteiger partial charge in [-0.2, -0.15) is 0 Å². The molecule has 0 spiro atoms. The Morgan fingerprint density at radius 1 is 1.39 bits per heavy atom. The summed E-state index contributed by atoms with van der Waals surface area (Å²) >= 11 is 0. The highest BCUT2D eigenvalue weighted by Crippen LogP contribution is 2.21. The van der Waals surface area contributed by atoms with Gasteiger partial charge in [0.05, 0.1) is 6.54 Å². The fourth-order valence-corrected chi connectivity index (χ4v) is 1.44. The maximum atomic E-state index is 11.7. The van der Waals surface area contributed by atoms with Gasteiger partial charge in [-0.05, 0) is 12.3 Å². The maximum Gasteiger partial charge on any atom is 0.273 e. The molecule has 2 amide bonds. The number of nitrogens with two attached hydrogens (primary N) is 1. The Kier molecular flexibility index (Phi) is 4.11. The molecule has 6 heteroatoms. The topological polar surface area (TPSA) is 98.2 Å². The zero-order valence-electron chi connectivity index (χ0n) is 11.2. The summed E-state index contributed by atoms with van der Waals surface area (Å²) in [6.07, 6.45) is 0.636. The van der Waals surface area contributed by atoms with Crippen molar-refractivity contribution in [3.8, 4) is 0 Å². The van der Waals surface area contributed by atoms with E-state index in [4.69, 9.17) is 10.2 Å². The third kappa shape index (κ3) is 4.20. The highest BCUT2D eigenvalue weighted by atomic mass is 16.4. The minimum atomic E-state index is -0.598. The van der Waals surface area contributed by atoms with Crippen molar-refractivity contribution in [2.24, 2.45) is 11.1 Å². The number of rotatable bonds is 4. The Morgan fingerprint density at radius 3 is 2.50 bits per heavy atom. The van der Waals surface area contributed by atoms with Crippen LogP contribution in [0.15, 0.2) is 4.42 Å². The molecule has 1 rings (SSSR count). The van der Waals surface area contributed by atoms with E-state index >= 15 is 0 Å². The van der Waals surface area contributed by atoms with Gasteiger partial charge in [-0.3, -0.25) is 9.59 Å². The average Bonchev–Trinajstić information content (AvgIpc) is 2.53. The lowest BCUT2D eigenvalue weighted by molar-refractivity contribution is -0.117. The van der Waals surface area contributed by atoms with Crippen LogP contribution in [0.3, 0.4) is 0 Å². The van der Waals surface area contributed by atoms with Crippen molar-refractivity contribution >= 4 is 11.8 Å². The summed E-state index contributed by atoms with van der Waals surface area (Å²) in [5.41, 5.74) is 5.18. The molecule has 6 nitrogen and oxygen atoms in total. The van der Waals surface area contributed by atoms with E-state index in [0.717, 1.165) is 0 Å². The monoisotopic (exact) mass is 253 g/mol. The molecular formula is C12H19N3O3. The number of nitrogens with one attached hydrogen (secondary N) is 1. The molecule has 100 valence electrons. The van der Waals surface area contributed by atoms with Crippen molar-refractivity contribution < 1.29 is 14.0 Å². The summed E-state index contributed by atoms with van der Waals surface area (Å²) in [6.45, 7) is 7.62. The number of hydrogen-bond donors (Lipinski definition) is 2. The maximum absolute atomic E-state index is 11.7. The van der Waals surface area contributed by atoms with Crippen LogP contribution in [0.4, 0.5) is 0 Å². The lowest BCUT2D eigenvalue weighted by Gasteiger charge is -2.14. The zero-order valence-corrected chi connectivity index (χ0v) is 11.2. The number of carbonyl (C=O) groups excluding carboxylic acids is 2. The van der Waals surface area contributed by atoms with E-state index < -0.39 is 11.8 Å². The van der Waals surface area contributed by atoms with Gasteiger partial charge in [0.2, 0.25) is 5.91 Å². The van der Waals surface area contributed by atoms with E-state index in [9.17, 15) is 9.59 Å². The normalized spacial score (nSPS) is 11.3. The van der Waals surface area contributed by atoms with Gasteiger partial charge in [-0.25, -0.2) is 4.98 Å². The zero-order chi connectivity index (χ0) is 13.9. The van der Waals surface area contributed by atoms with E-state index in [1.54, 1.807) is 6.92 Å². The Hall–Kier alpha value is -1.85. The van der Waals surface area contributed by atoms with Gasteiger partial charge in [-0.1, -0.05) is 20.8 Å². The van der Waals surface area contributed by atoms with Gasteiger partial charge in [0, 0.05) is 6.42 Å². The first-order valence-electron chi connectivity index (χ1n) is 5.72. The molecule has 0 aliphatic heterocycles. The van der Waals surface area contributed by atoms with Crippen LogP contribution in [0.2, 0.25) is 0 Å². The number of aryl methyl sites for hydroxylation is 1. The molecule has 0 bridgehead atoms. The van der Waals surface area contributed by atoms with Crippen molar-refractivity contribution in [1.82, 2.24) is 10.3 Å². The van der Waals surface area contributed by atoms with Gasteiger partial charge < -0.3 is 15.5 Å². The van der Waals surface area contributed by atoms with Crippen LogP contribution in [0.25, 0.3) is 0 Å². The third-order valence-electron chi connectivity index (χ3n) is 2.16. The second-order valence-corrected chi connectivity index (χ2v) is 5.40. The molecule has 0 atom stereocenters. The van der Waals surface area contributed by atoms with Crippen LogP contribution in [0.5, 0.6) is 0 Å². The molecule has 18 heavy (non-hydrogen) atoms. The summed E-state index contributed by atoms with van der Waals surface area (Å²) in [4.78, 5) is 26.4. The van der Waals surface area contributed by atoms with Gasteiger partial charge in [0.1, 0.15) is 5.76 Å². The van der Waals surface area contributed by atoms with Crippen LogP contribution in [0.1, 0.15) is 42.9 Å². The number of aromatic nitrogens is 1. The molecule has 1 aromatic heterocycles. The second-order valence-electron chi connectivity index (χ2n) is 5.40. The molecule has 0 saturated heterocycles. The second kappa shape index (κ2) is 5.20. The molecule has 0 radical (unpaired) electrons. The highest BCUT2D eigenvalue weighted by Gasteiger charge is 2.21. The Bertz CT molecular complexity index is 458. The van der Waals surface area contributed by atoms with Crippen molar-refractivity contribution in [2.45, 2.75) is 34.1 Å². The lowest BCUT2D eigenvalue weighted by atomic mass is 9.92. The summed E-state index contributed by atoms with van der Waals surface area (Å²) in [5, 5.41) is 2.38. The van der Waals surface area contributed by atoms with Crippen molar-refractivity contribution in [3.05, 3.63) is 17.3 Å². The summed E-state index contributed by atoms with van der Waals surface area (Å²) < 4.78 is 5.43. The number of hydrogen-bond acceptors (Lipinski definition) is 4. The van der Waals surface area contributed by atoms with E-state index in [1.165, 1.54) is 0 Å². The number of amides is 2. The predicted molar refractivity (Wildman–Crippen MR) is 65.9 cm³/mol. The van der Waals surface area contributed by atoms with Gasteiger partial charge >= 0.3 is 0 Å². The first kappa shape index (κ1) is 14.2. The minimum absolute atomic E-state index is 0.0261. The molecule has 1 aromatic rings. The van der Waals surface area contributed by atoms with Crippen LogP contribution in [-0.2, 0) is 11.2 Å². The average molecular weight is 253 g/mol. The summed E-state index contributed by atoms with van der Waals surface area (Å²) in [5.74, 6) is -0.0879. The Labute approximate surface area is 106 Å². The molecule has 0 unspecified atom stereocenters. The van der Waals surface area contributed by atoms with Gasteiger partial charge in [0.15, 0.2) is 11.6 Å². The molecule has 0 aliphatic rings. The lowest BCUT2D eigenvalue weighted by Crippen LogP contribution is -2.33. The predicted octanol–water partition coefficient (Wildman–Crippen LogP) is 0.787. The van der Waals surface area contributed by atoms with Gasteiger partial charge in [-0.15, -0.1) is 0 Å². The standard InChI is InChI=1S/C12H19N3O3/c1-7-10(11(17)14-6-8(13)16)15-9(18-7)5-12(2,3)4/h5-6H2,1-4H3,(H2,13,16)(H,14,17). The van der Waals surface area contributed by atoms with Crippen molar-refractivity contribution in [2.75, 3.05) is 6.54 Å². The van der Waals surface area contributed by atoms with Crippen molar-refractivity contribution in [3.63, 3.8) is 0 Å². The van der Waals surface area contributed by atoms with Crippen LogP contribution in [-0.4, -0.2) is 23.3 Å². The molecule has 1 heterocycles. The smallest absolute Gasteiger partial charge is 0.273 e. The van der Waals surface area contributed by atoms with E-state index in [0.29, 0.717) is 18.1 Å². The molecule has 0 aliphatic carbocycles. The van der Waals surface area contributed by atoms with Crippen molar-refractivity contribution in [1.29, 1.82) is 0 Å². The fourth-order valence-electron chi connectivity index (χ4n) is 1.44. The van der Waals surface area contributed by atoms with Gasteiger partial charge in [0.25, 0.3) is 5.91 Å². The highest BCUT2D eigenvalue weighted by molar-refractivity contribution is 5.95.